The molecule has 0 unspecified atom stereocenters. The molecule has 1 heterocycles. The van der Waals surface area contributed by atoms with Gasteiger partial charge in [-0.3, -0.25) is 0 Å². The molecule has 0 aromatic heterocycles. The smallest absolute Gasteiger partial charge is 0.125 e. The number of nitrogens with one attached hydrogen (secondary N) is 1. The lowest BCUT2D eigenvalue weighted by Crippen LogP contribution is -2.26. The highest BCUT2D eigenvalue weighted by atomic mass is 16.5. The Bertz CT molecular complexity index is 320. The molecule has 0 saturated carbocycles. The summed E-state index contributed by atoms with van der Waals surface area (Å²) in [6, 6.07) is 0. The minimum atomic E-state index is 0.676. The molecule has 94 valence electrons. The molecule has 1 rings (SSSR count). The molecule has 0 spiro atoms. The van der Waals surface area contributed by atoms with Gasteiger partial charge in [0.05, 0.1) is 7.11 Å². The topological polar surface area (TPSA) is 21.3 Å². The lowest BCUT2D eigenvalue weighted by Gasteiger charge is -2.19. The Hall–Kier alpha value is -1.28. The zero-order valence-corrected chi connectivity index (χ0v) is 10.9. The van der Waals surface area contributed by atoms with Crippen molar-refractivity contribution in [3.63, 3.8) is 0 Å². The van der Waals surface area contributed by atoms with Crippen molar-refractivity contribution in [1.29, 1.82) is 0 Å². The monoisotopic (exact) mass is 233 g/mol. The van der Waals surface area contributed by atoms with E-state index in [1.807, 2.05) is 25.2 Å². The van der Waals surface area contributed by atoms with E-state index < -0.39 is 0 Å². The molecule has 0 amide bonds. The molecule has 0 radical (unpaired) electrons. The SMILES string of the molecule is C=CC(/C=C/C1CCNCC1)=C(\C=C/C)OC. The van der Waals surface area contributed by atoms with Crippen LogP contribution in [0.15, 0.2) is 48.3 Å². The van der Waals surface area contributed by atoms with Crippen LogP contribution in [-0.2, 0) is 4.74 Å². The third-order valence-electron chi connectivity index (χ3n) is 2.97. The Morgan fingerprint density at radius 1 is 1.29 bits per heavy atom. The first-order valence-electron chi connectivity index (χ1n) is 6.24. The van der Waals surface area contributed by atoms with Crippen LogP contribution in [0.2, 0.25) is 0 Å². The van der Waals surface area contributed by atoms with E-state index in [0.717, 1.165) is 24.4 Å². The van der Waals surface area contributed by atoms with Crippen LogP contribution >= 0.6 is 0 Å². The second-order valence-electron chi connectivity index (χ2n) is 4.17. The zero-order valence-electron chi connectivity index (χ0n) is 10.9. The quantitative estimate of drug-likeness (QED) is 0.581. The Kier molecular flexibility index (Phi) is 6.41. The number of allylic oxidation sites excluding steroid dienone is 6. The molecule has 2 heteroatoms. The number of piperidine rings is 1. The lowest BCUT2D eigenvalue weighted by molar-refractivity contribution is 0.304. The van der Waals surface area contributed by atoms with Crippen molar-refractivity contribution < 1.29 is 4.74 Å². The van der Waals surface area contributed by atoms with Gasteiger partial charge in [-0.1, -0.05) is 30.9 Å². The van der Waals surface area contributed by atoms with Gasteiger partial charge in [0, 0.05) is 5.57 Å². The fourth-order valence-corrected chi connectivity index (χ4v) is 1.96. The molecular formula is C15H23NO. The van der Waals surface area contributed by atoms with Gasteiger partial charge in [0.15, 0.2) is 0 Å². The van der Waals surface area contributed by atoms with Crippen molar-refractivity contribution in [2.24, 2.45) is 5.92 Å². The molecule has 17 heavy (non-hydrogen) atoms. The van der Waals surface area contributed by atoms with Gasteiger partial charge in [0.2, 0.25) is 0 Å². The standard InChI is InChI=1S/C15H23NO/c1-4-6-15(17-3)14(5-2)8-7-13-9-11-16-12-10-13/h4-8,13,16H,2,9-12H2,1,3H3/b6-4-,8-7+,15-14-. The van der Waals surface area contributed by atoms with Crippen molar-refractivity contribution in [3.8, 4) is 0 Å². The van der Waals surface area contributed by atoms with E-state index in [0.29, 0.717) is 5.92 Å². The minimum Gasteiger partial charge on any atom is -0.496 e. The second kappa shape index (κ2) is 7.91. The molecule has 0 aromatic carbocycles. The van der Waals surface area contributed by atoms with Gasteiger partial charge in [0.25, 0.3) is 0 Å². The normalized spacial score (nSPS) is 19.6. The summed E-state index contributed by atoms with van der Waals surface area (Å²) >= 11 is 0. The molecule has 1 aliphatic rings. The molecule has 1 saturated heterocycles. The summed E-state index contributed by atoms with van der Waals surface area (Å²) in [4.78, 5) is 0. The van der Waals surface area contributed by atoms with E-state index in [1.54, 1.807) is 7.11 Å². The number of hydrogen-bond acceptors (Lipinski definition) is 2. The van der Waals surface area contributed by atoms with Crippen LogP contribution in [0.1, 0.15) is 19.8 Å². The van der Waals surface area contributed by atoms with Crippen LogP contribution in [0.25, 0.3) is 0 Å². The molecule has 1 aliphatic heterocycles. The first-order chi connectivity index (χ1) is 8.31. The van der Waals surface area contributed by atoms with E-state index >= 15 is 0 Å². The van der Waals surface area contributed by atoms with E-state index in [9.17, 15) is 0 Å². The van der Waals surface area contributed by atoms with Gasteiger partial charge in [-0.15, -0.1) is 0 Å². The summed E-state index contributed by atoms with van der Waals surface area (Å²) in [6.45, 7) is 8.06. The second-order valence-corrected chi connectivity index (χ2v) is 4.17. The first-order valence-corrected chi connectivity index (χ1v) is 6.24. The summed E-state index contributed by atoms with van der Waals surface area (Å²) < 4.78 is 5.34. The fourth-order valence-electron chi connectivity index (χ4n) is 1.96. The molecule has 0 aliphatic carbocycles. The van der Waals surface area contributed by atoms with Crippen LogP contribution in [0.3, 0.4) is 0 Å². The van der Waals surface area contributed by atoms with Gasteiger partial charge >= 0.3 is 0 Å². The molecule has 1 fully saturated rings. The van der Waals surface area contributed by atoms with Crippen LogP contribution < -0.4 is 5.32 Å². The number of hydrogen-bond donors (Lipinski definition) is 1. The maximum atomic E-state index is 5.34. The zero-order chi connectivity index (χ0) is 12.5. The molecule has 1 N–H and O–H groups in total. The van der Waals surface area contributed by atoms with Crippen LogP contribution in [0.4, 0.5) is 0 Å². The van der Waals surface area contributed by atoms with Crippen LogP contribution in [-0.4, -0.2) is 20.2 Å². The van der Waals surface area contributed by atoms with Crippen molar-refractivity contribution in [2.75, 3.05) is 20.2 Å². The van der Waals surface area contributed by atoms with Gasteiger partial charge < -0.3 is 10.1 Å². The highest BCUT2D eigenvalue weighted by Crippen LogP contribution is 2.16. The summed E-state index contributed by atoms with van der Waals surface area (Å²) in [6.07, 6.45) is 12.6. The van der Waals surface area contributed by atoms with Crippen molar-refractivity contribution in [3.05, 3.63) is 48.3 Å². The largest absolute Gasteiger partial charge is 0.496 e. The Morgan fingerprint density at radius 2 is 2.00 bits per heavy atom. The van der Waals surface area contributed by atoms with E-state index in [1.165, 1.54) is 12.8 Å². The number of ether oxygens (including phenoxy) is 1. The third-order valence-corrected chi connectivity index (χ3v) is 2.97. The summed E-state index contributed by atoms with van der Waals surface area (Å²) in [5.74, 6) is 1.54. The van der Waals surface area contributed by atoms with E-state index in [4.69, 9.17) is 4.74 Å². The third kappa shape index (κ3) is 4.61. The molecule has 0 atom stereocenters. The van der Waals surface area contributed by atoms with Crippen LogP contribution in [0.5, 0.6) is 0 Å². The van der Waals surface area contributed by atoms with Gasteiger partial charge in [-0.2, -0.15) is 0 Å². The predicted octanol–water partition coefficient (Wildman–Crippen LogP) is 3.20. The molecule has 0 bridgehead atoms. The fraction of sp³-hybridized carbons (Fsp3) is 0.467. The molecule has 0 aromatic rings. The highest BCUT2D eigenvalue weighted by Gasteiger charge is 2.09. The summed E-state index contributed by atoms with van der Waals surface area (Å²) in [5.41, 5.74) is 1.05. The van der Waals surface area contributed by atoms with Crippen molar-refractivity contribution in [2.45, 2.75) is 19.8 Å². The maximum Gasteiger partial charge on any atom is 0.125 e. The predicted molar refractivity (Wildman–Crippen MR) is 73.8 cm³/mol. The molecular weight excluding hydrogens is 210 g/mol. The Morgan fingerprint density at radius 3 is 2.53 bits per heavy atom. The maximum absolute atomic E-state index is 5.34. The number of rotatable bonds is 5. The van der Waals surface area contributed by atoms with Gasteiger partial charge in [-0.25, -0.2) is 0 Å². The van der Waals surface area contributed by atoms with Crippen molar-refractivity contribution in [1.82, 2.24) is 5.32 Å². The van der Waals surface area contributed by atoms with E-state index in [2.05, 4.69) is 24.0 Å². The van der Waals surface area contributed by atoms with Gasteiger partial charge in [-0.05, 0) is 44.8 Å². The number of methoxy groups -OCH3 is 1. The highest BCUT2D eigenvalue weighted by molar-refractivity contribution is 5.37. The van der Waals surface area contributed by atoms with E-state index in [-0.39, 0.29) is 0 Å². The summed E-state index contributed by atoms with van der Waals surface area (Å²) in [7, 11) is 1.69. The Labute approximate surface area is 105 Å². The minimum absolute atomic E-state index is 0.676. The Balaban J connectivity index is 2.73. The summed E-state index contributed by atoms with van der Waals surface area (Å²) in [5, 5.41) is 3.37. The average Bonchev–Trinajstić information content (AvgIpc) is 2.39. The van der Waals surface area contributed by atoms with Crippen LogP contribution in [0, 0.1) is 5.92 Å². The average molecular weight is 233 g/mol. The lowest BCUT2D eigenvalue weighted by atomic mass is 9.97. The first kappa shape index (κ1) is 13.8. The van der Waals surface area contributed by atoms with Gasteiger partial charge in [0.1, 0.15) is 5.76 Å². The molecule has 2 nitrogen and oxygen atoms in total. The van der Waals surface area contributed by atoms with Crippen molar-refractivity contribution >= 4 is 0 Å².